The number of aliphatic hydroxyl groups is 1. The van der Waals surface area contributed by atoms with E-state index in [-0.39, 0.29) is 6.61 Å². The number of aromatic nitrogens is 6. The number of ether oxygens (including phenoxy) is 1. The van der Waals surface area contributed by atoms with Crippen LogP contribution in [0.3, 0.4) is 0 Å². The lowest BCUT2D eigenvalue weighted by Crippen LogP contribution is -2.40. The molecule has 0 fully saturated rings. The van der Waals surface area contributed by atoms with Crippen molar-refractivity contribution in [3.05, 3.63) is 191 Å². The van der Waals surface area contributed by atoms with Crippen molar-refractivity contribution in [3.63, 3.8) is 0 Å². The molecule has 9 heteroatoms. The highest BCUT2D eigenvalue weighted by Gasteiger charge is 2.42. The van der Waals surface area contributed by atoms with Gasteiger partial charge >= 0.3 is 5.97 Å². The van der Waals surface area contributed by atoms with Crippen LogP contribution in [0.1, 0.15) is 103 Å². The van der Waals surface area contributed by atoms with Gasteiger partial charge in [0.15, 0.2) is 11.5 Å². The number of nitrogens with zero attached hydrogens (tertiary/aromatic N) is 6. The third-order valence-corrected chi connectivity index (χ3v) is 10.3. The van der Waals surface area contributed by atoms with Crippen molar-refractivity contribution in [2.45, 2.75) is 71.6 Å². The maximum atomic E-state index is 13.4. The number of imidazole rings is 1. The molecule has 0 amide bonds. The molecule has 1 unspecified atom stereocenters. The number of aryl methyl sites for hydroxylation is 1. The molecule has 0 bridgehead atoms. The molecule has 0 spiro atoms. The summed E-state index contributed by atoms with van der Waals surface area (Å²) in [5, 5.41) is 25.1. The quantitative estimate of drug-likeness (QED) is 0.0598. The van der Waals surface area contributed by atoms with Gasteiger partial charge in [-0.15, -0.1) is 5.10 Å². The first-order valence-electron chi connectivity index (χ1n) is 19.3. The average molecular weight is 747 g/mol. The van der Waals surface area contributed by atoms with Gasteiger partial charge in [-0.2, -0.15) is 0 Å². The summed E-state index contributed by atoms with van der Waals surface area (Å²) in [6.45, 7) is 14.1. The molecule has 1 atom stereocenters. The van der Waals surface area contributed by atoms with Crippen molar-refractivity contribution in [3.8, 4) is 0 Å². The van der Waals surface area contributed by atoms with E-state index >= 15 is 0 Å². The molecule has 9 nitrogen and oxygen atoms in total. The maximum Gasteiger partial charge on any atom is 0.357 e. The van der Waals surface area contributed by atoms with E-state index in [1.54, 1.807) is 19.9 Å². The standard InChI is InChI=1S/C47H50N6O3/c1-7-21-40(44-49-50-51-53(44)47(36-23-15-12-16-24-36,37-25-17-13-18-26-37)38-27-19-14-20-28-38)39(9-3)35-31-29-34(30-32-35)33-52-41(22-8-2)48-43(46(6,55)10-4)42(52)45(54)56-11-5/h7,9,12-21,23-32,55H,1,8,10-11,22,33H2,2-6H3/b39-9-,40-21+. The number of hydrogen-bond acceptors (Lipinski definition) is 7. The average Bonchev–Trinajstić information content (AvgIpc) is 3.86. The Morgan fingerprint density at radius 2 is 1.41 bits per heavy atom. The molecule has 6 rings (SSSR count). The minimum atomic E-state index is -1.29. The molecule has 0 radical (unpaired) electrons. The largest absolute Gasteiger partial charge is 0.461 e. The lowest BCUT2D eigenvalue weighted by atomic mass is 9.76. The molecule has 0 aliphatic rings. The SMILES string of the molecule is C=C/C=C(\C(=C/C)c1ccc(Cn2c(CCC)nc(C(C)(O)CC)c2C(=O)OCC)cc1)c1nnnn1C(c1ccccc1)(c1ccccc1)c1ccccc1. The van der Waals surface area contributed by atoms with Gasteiger partial charge in [0.25, 0.3) is 0 Å². The fourth-order valence-corrected chi connectivity index (χ4v) is 7.37. The van der Waals surface area contributed by atoms with Crippen LogP contribution >= 0.6 is 0 Å². The predicted octanol–water partition coefficient (Wildman–Crippen LogP) is 9.18. The molecule has 4 aromatic carbocycles. The Morgan fingerprint density at radius 3 is 1.89 bits per heavy atom. The first-order valence-corrected chi connectivity index (χ1v) is 19.3. The summed E-state index contributed by atoms with van der Waals surface area (Å²) in [7, 11) is 0. The highest BCUT2D eigenvalue weighted by Crippen LogP contribution is 2.43. The molecule has 56 heavy (non-hydrogen) atoms. The van der Waals surface area contributed by atoms with E-state index in [0.29, 0.717) is 36.6 Å². The summed E-state index contributed by atoms with van der Waals surface area (Å²) in [4.78, 5) is 18.3. The van der Waals surface area contributed by atoms with Gasteiger partial charge in [-0.1, -0.05) is 154 Å². The predicted molar refractivity (Wildman–Crippen MR) is 222 cm³/mol. The fraction of sp³-hybridized carbons (Fsp3) is 0.255. The minimum Gasteiger partial charge on any atom is -0.461 e. The zero-order valence-corrected chi connectivity index (χ0v) is 32.9. The summed E-state index contributed by atoms with van der Waals surface area (Å²) in [5.74, 6) is 0.809. The Hall–Kier alpha value is -6.19. The summed E-state index contributed by atoms with van der Waals surface area (Å²) in [6.07, 6.45) is 7.64. The molecule has 2 heterocycles. The van der Waals surface area contributed by atoms with Crippen LogP contribution in [0.25, 0.3) is 11.1 Å². The van der Waals surface area contributed by atoms with Gasteiger partial charge in [0.2, 0.25) is 0 Å². The van der Waals surface area contributed by atoms with Gasteiger partial charge in [-0.05, 0) is 77.4 Å². The van der Waals surface area contributed by atoms with E-state index < -0.39 is 17.1 Å². The van der Waals surface area contributed by atoms with E-state index in [2.05, 4.69) is 85.5 Å². The molecule has 286 valence electrons. The molecular formula is C47H50N6O3. The molecule has 0 saturated heterocycles. The number of carbonyl (C=O) groups excluding carboxylic acids is 1. The third-order valence-electron chi connectivity index (χ3n) is 10.3. The van der Waals surface area contributed by atoms with Gasteiger partial charge in [-0.25, -0.2) is 14.5 Å². The Bertz CT molecular complexity index is 2210. The monoisotopic (exact) mass is 746 g/mol. The van der Waals surface area contributed by atoms with Crippen LogP contribution in [-0.2, 0) is 28.8 Å². The molecule has 1 N–H and O–H groups in total. The normalized spacial score (nSPS) is 13.3. The summed E-state index contributed by atoms with van der Waals surface area (Å²) >= 11 is 0. The first kappa shape index (κ1) is 39.5. The number of tetrazole rings is 1. The summed E-state index contributed by atoms with van der Waals surface area (Å²) in [6, 6.07) is 39.2. The molecular weight excluding hydrogens is 697 g/mol. The van der Waals surface area contributed by atoms with Gasteiger partial charge in [0.05, 0.1) is 6.61 Å². The molecule has 0 saturated carbocycles. The lowest BCUT2D eigenvalue weighted by molar-refractivity contribution is 0.0390. The number of esters is 1. The Balaban J connectivity index is 1.46. The number of rotatable bonds is 16. The van der Waals surface area contributed by atoms with E-state index in [1.807, 2.05) is 83.8 Å². The van der Waals surface area contributed by atoms with Crippen LogP contribution in [0, 0.1) is 0 Å². The fourth-order valence-electron chi connectivity index (χ4n) is 7.37. The highest BCUT2D eigenvalue weighted by atomic mass is 16.5. The van der Waals surface area contributed by atoms with Crippen molar-refractivity contribution in [1.82, 2.24) is 29.8 Å². The second-order valence-corrected chi connectivity index (χ2v) is 13.8. The summed E-state index contributed by atoms with van der Waals surface area (Å²) < 4.78 is 9.32. The van der Waals surface area contributed by atoms with E-state index in [0.717, 1.165) is 51.2 Å². The van der Waals surface area contributed by atoms with Crippen LogP contribution in [0.15, 0.2) is 140 Å². The minimum absolute atomic E-state index is 0.217. The van der Waals surface area contributed by atoms with Crippen molar-refractivity contribution in [1.29, 1.82) is 0 Å². The van der Waals surface area contributed by atoms with Gasteiger partial charge in [0.1, 0.15) is 22.7 Å². The summed E-state index contributed by atoms with van der Waals surface area (Å²) in [5.41, 5.74) is 5.06. The van der Waals surface area contributed by atoms with Crippen molar-refractivity contribution in [2.24, 2.45) is 0 Å². The smallest absolute Gasteiger partial charge is 0.357 e. The molecule has 0 aliphatic carbocycles. The van der Waals surface area contributed by atoms with Gasteiger partial charge in [0, 0.05) is 18.5 Å². The van der Waals surface area contributed by atoms with Crippen molar-refractivity contribution >= 4 is 17.1 Å². The van der Waals surface area contributed by atoms with E-state index in [4.69, 9.17) is 20.0 Å². The number of allylic oxidation sites excluding steroid dienone is 5. The van der Waals surface area contributed by atoms with Crippen molar-refractivity contribution < 1.29 is 14.6 Å². The van der Waals surface area contributed by atoms with Crippen LogP contribution in [0.4, 0.5) is 0 Å². The van der Waals surface area contributed by atoms with Gasteiger partial charge < -0.3 is 14.4 Å². The van der Waals surface area contributed by atoms with E-state index in [9.17, 15) is 9.90 Å². The number of hydrogen-bond donors (Lipinski definition) is 1. The zero-order chi connectivity index (χ0) is 39.7. The molecule has 6 aromatic rings. The number of benzene rings is 4. The molecule has 2 aromatic heterocycles. The highest BCUT2D eigenvalue weighted by molar-refractivity contribution is 6.04. The topological polar surface area (TPSA) is 108 Å². The molecule has 0 aliphatic heterocycles. The van der Waals surface area contributed by atoms with Gasteiger partial charge in [-0.3, -0.25) is 0 Å². The van der Waals surface area contributed by atoms with Crippen LogP contribution in [0.5, 0.6) is 0 Å². The Labute approximate surface area is 329 Å². The first-order chi connectivity index (χ1) is 27.2. The number of carbonyl (C=O) groups is 1. The van der Waals surface area contributed by atoms with Crippen LogP contribution in [-0.4, -0.2) is 47.4 Å². The van der Waals surface area contributed by atoms with Crippen LogP contribution in [0.2, 0.25) is 0 Å². The zero-order valence-electron chi connectivity index (χ0n) is 32.9. The Kier molecular flexibility index (Phi) is 12.4. The Morgan fingerprint density at radius 1 is 0.839 bits per heavy atom. The van der Waals surface area contributed by atoms with E-state index in [1.165, 1.54) is 0 Å². The maximum absolute atomic E-state index is 13.4. The lowest BCUT2D eigenvalue weighted by Gasteiger charge is -2.36. The van der Waals surface area contributed by atoms with Crippen LogP contribution < -0.4 is 0 Å². The third kappa shape index (κ3) is 7.55. The second kappa shape index (κ2) is 17.5. The van der Waals surface area contributed by atoms with Crippen molar-refractivity contribution in [2.75, 3.05) is 6.61 Å². The second-order valence-electron chi connectivity index (χ2n) is 13.8.